The number of hydrogen-bond acceptors (Lipinski definition) is 5. The molecule has 0 saturated carbocycles. The molecule has 0 fully saturated rings. The molecule has 0 aliphatic rings. The number of carbonyl (C=O) groups excluding carboxylic acids is 1. The number of carbonyl (C=O) groups is 1. The van der Waals surface area contributed by atoms with E-state index in [-0.39, 0.29) is 11.7 Å². The Morgan fingerprint density at radius 1 is 1.35 bits per heavy atom. The Hall–Kier alpha value is -1.57. The van der Waals surface area contributed by atoms with Gasteiger partial charge in [0.05, 0.1) is 27.7 Å². The third-order valence-electron chi connectivity index (χ3n) is 2.13. The molecule has 104 valence electrons. The second-order valence-corrected chi connectivity index (χ2v) is 5.37. The van der Waals surface area contributed by atoms with E-state index in [1.54, 1.807) is 18.2 Å². The minimum atomic E-state index is -0.565. The molecule has 2 aromatic rings. The van der Waals surface area contributed by atoms with Crippen LogP contribution in [0.2, 0.25) is 10.0 Å². The van der Waals surface area contributed by atoms with Gasteiger partial charge in [0.1, 0.15) is 5.03 Å². The average molecular weight is 331 g/mol. The standard InChI is InChI=1S/C11H8Cl2N4O2S/c12-6-2-1-3-7(13)10(6)15-8(18)5-20-9-4-14-17-11(19)16-9/h1-4H,5H2,(H,15,18)(H,16,17,19). The van der Waals surface area contributed by atoms with E-state index in [0.29, 0.717) is 20.8 Å². The largest absolute Gasteiger partial charge is 0.362 e. The molecular weight excluding hydrogens is 323 g/mol. The molecule has 0 spiro atoms. The lowest BCUT2D eigenvalue weighted by Crippen LogP contribution is -2.16. The molecule has 1 aromatic carbocycles. The molecule has 6 nitrogen and oxygen atoms in total. The van der Waals surface area contributed by atoms with Crippen LogP contribution >= 0.6 is 35.0 Å². The van der Waals surface area contributed by atoms with Crippen molar-refractivity contribution in [2.75, 3.05) is 11.1 Å². The Morgan fingerprint density at radius 3 is 2.70 bits per heavy atom. The highest BCUT2D eigenvalue weighted by Gasteiger charge is 2.10. The van der Waals surface area contributed by atoms with Crippen LogP contribution in [-0.2, 0) is 4.79 Å². The molecule has 1 heterocycles. The number of H-pyrrole nitrogens is 1. The first-order valence-corrected chi connectivity index (χ1v) is 7.09. The van der Waals surface area contributed by atoms with Crippen molar-refractivity contribution in [2.24, 2.45) is 0 Å². The number of benzene rings is 1. The van der Waals surface area contributed by atoms with Crippen LogP contribution in [-0.4, -0.2) is 26.8 Å². The summed E-state index contributed by atoms with van der Waals surface area (Å²) in [5.41, 5.74) is -0.206. The summed E-state index contributed by atoms with van der Waals surface area (Å²) in [5, 5.41) is 9.40. The number of nitrogens with zero attached hydrogens (tertiary/aromatic N) is 2. The predicted octanol–water partition coefficient (Wildman–Crippen LogP) is 2.20. The number of aromatic nitrogens is 3. The fourth-order valence-corrected chi connectivity index (χ4v) is 2.42. The number of rotatable bonds is 4. The maximum atomic E-state index is 11.8. The number of hydrogen-bond donors (Lipinski definition) is 2. The highest BCUT2D eigenvalue weighted by Crippen LogP contribution is 2.29. The predicted molar refractivity (Wildman–Crippen MR) is 78.5 cm³/mol. The Kier molecular flexibility index (Phi) is 4.99. The zero-order valence-corrected chi connectivity index (χ0v) is 12.2. The van der Waals surface area contributed by atoms with E-state index in [4.69, 9.17) is 23.2 Å². The summed E-state index contributed by atoms with van der Waals surface area (Å²) in [4.78, 5) is 26.4. The summed E-state index contributed by atoms with van der Waals surface area (Å²) >= 11 is 13.0. The zero-order valence-electron chi connectivity index (χ0n) is 9.89. The first kappa shape index (κ1) is 14.8. The van der Waals surface area contributed by atoms with E-state index in [2.05, 4.69) is 20.5 Å². The van der Waals surface area contributed by atoms with Crippen LogP contribution in [0, 0.1) is 0 Å². The lowest BCUT2D eigenvalue weighted by atomic mass is 10.3. The monoisotopic (exact) mass is 330 g/mol. The summed E-state index contributed by atoms with van der Waals surface area (Å²) in [6.07, 6.45) is 1.36. The van der Waals surface area contributed by atoms with Crippen LogP contribution in [0.25, 0.3) is 0 Å². The molecule has 2 N–H and O–H groups in total. The molecule has 0 radical (unpaired) electrons. The lowest BCUT2D eigenvalue weighted by Gasteiger charge is -2.08. The summed E-state index contributed by atoms with van der Waals surface area (Å²) in [5.74, 6) is -0.258. The molecule has 0 atom stereocenters. The molecule has 0 aliphatic carbocycles. The molecule has 0 saturated heterocycles. The van der Waals surface area contributed by atoms with E-state index < -0.39 is 5.69 Å². The molecule has 0 unspecified atom stereocenters. The van der Waals surface area contributed by atoms with Gasteiger partial charge in [-0.25, -0.2) is 9.89 Å². The molecular formula is C11H8Cl2N4O2S. The van der Waals surface area contributed by atoms with Crippen LogP contribution in [0.5, 0.6) is 0 Å². The number of anilines is 1. The fourth-order valence-electron chi connectivity index (χ4n) is 1.30. The van der Waals surface area contributed by atoms with Gasteiger partial charge in [-0.15, -0.1) is 0 Å². The van der Waals surface area contributed by atoms with E-state index in [9.17, 15) is 9.59 Å². The Balaban J connectivity index is 1.98. The maximum Gasteiger partial charge on any atom is 0.362 e. The van der Waals surface area contributed by atoms with Crippen LogP contribution in [0.3, 0.4) is 0 Å². The normalized spacial score (nSPS) is 10.3. The smallest absolute Gasteiger partial charge is 0.323 e. The fraction of sp³-hybridized carbons (Fsp3) is 0.0909. The van der Waals surface area contributed by atoms with Crippen LogP contribution < -0.4 is 11.0 Å². The van der Waals surface area contributed by atoms with Gasteiger partial charge < -0.3 is 5.32 Å². The van der Waals surface area contributed by atoms with Crippen molar-refractivity contribution >= 4 is 46.6 Å². The van der Waals surface area contributed by atoms with Crippen molar-refractivity contribution in [3.63, 3.8) is 0 Å². The van der Waals surface area contributed by atoms with E-state index in [1.807, 2.05) is 0 Å². The van der Waals surface area contributed by atoms with Gasteiger partial charge in [-0.3, -0.25) is 4.79 Å². The van der Waals surface area contributed by atoms with Crippen molar-refractivity contribution in [2.45, 2.75) is 5.03 Å². The van der Waals surface area contributed by atoms with Crippen molar-refractivity contribution < 1.29 is 4.79 Å². The van der Waals surface area contributed by atoms with E-state index >= 15 is 0 Å². The lowest BCUT2D eigenvalue weighted by molar-refractivity contribution is -0.113. The van der Waals surface area contributed by atoms with Gasteiger partial charge in [-0.2, -0.15) is 10.1 Å². The number of halogens is 2. The quantitative estimate of drug-likeness (QED) is 0.839. The zero-order chi connectivity index (χ0) is 14.5. The van der Waals surface area contributed by atoms with Crippen LogP contribution in [0.4, 0.5) is 5.69 Å². The number of nitrogens with one attached hydrogen (secondary N) is 2. The second-order valence-electron chi connectivity index (χ2n) is 3.56. The van der Waals surface area contributed by atoms with Crippen molar-refractivity contribution in [1.82, 2.24) is 15.2 Å². The number of aromatic amines is 1. The maximum absolute atomic E-state index is 11.8. The van der Waals surface area contributed by atoms with Gasteiger partial charge in [-0.05, 0) is 12.1 Å². The van der Waals surface area contributed by atoms with Gasteiger partial charge in [0, 0.05) is 0 Å². The Labute approximate surface area is 127 Å². The summed E-state index contributed by atoms with van der Waals surface area (Å²) < 4.78 is 0. The molecule has 9 heteroatoms. The van der Waals surface area contributed by atoms with Gasteiger partial charge in [0.15, 0.2) is 0 Å². The summed E-state index contributed by atoms with van der Waals surface area (Å²) in [6.45, 7) is 0. The van der Waals surface area contributed by atoms with Crippen LogP contribution in [0.1, 0.15) is 0 Å². The van der Waals surface area contributed by atoms with Crippen LogP contribution in [0.15, 0.2) is 34.2 Å². The van der Waals surface area contributed by atoms with E-state index in [1.165, 1.54) is 6.20 Å². The second kappa shape index (κ2) is 6.74. The Bertz CT molecular complexity index is 672. The minimum absolute atomic E-state index is 0.0552. The van der Waals surface area contributed by atoms with Crippen molar-refractivity contribution in [3.05, 3.63) is 44.9 Å². The summed E-state index contributed by atoms with van der Waals surface area (Å²) in [7, 11) is 0. The minimum Gasteiger partial charge on any atom is -0.323 e. The number of para-hydroxylation sites is 1. The van der Waals surface area contributed by atoms with Gasteiger partial charge in [0.2, 0.25) is 5.91 Å². The molecule has 20 heavy (non-hydrogen) atoms. The average Bonchev–Trinajstić information content (AvgIpc) is 2.41. The van der Waals surface area contributed by atoms with Gasteiger partial charge >= 0.3 is 5.69 Å². The number of amides is 1. The Morgan fingerprint density at radius 2 is 2.05 bits per heavy atom. The van der Waals surface area contributed by atoms with Crippen molar-refractivity contribution in [3.8, 4) is 0 Å². The highest BCUT2D eigenvalue weighted by atomic mass is 35.5. The first-order chi connectivity index (χ1) is 9.56. The topological polar surface area (TPSA) is 87.7 Å². The third-order valence-corrected chi connectivity index (χ3v) is 3.65. The van der Waals surface area contributed by atoms with Crippen molar-refractivity contribution in [1.29, 1.82) is 0 Å². The molecule has 0 bridgehead atoms. The van der Waals surface area contributed by atoms with E-state index in [0.717, 1.165) is 11.8 Å². The molecule has 1 aromatic heterocycles. The molecule has 0 aliphatic heterocycles. The molecule has 2 rings (SSSR count). The SMILES string of the molecule is O=C(CSc1cn[nH]c(=O)n1)Nc1c(Cl)cccc1Cl. The summed E-state index contributed by atoms with van der Waals surface area (Å²) in [6, 6.07) is 4.93. The number of thioether (sulfide) groups is 1. The first-order valence-electron chi connectivity index (χ1n) is 5.34. The highest BCUT2D eigenvalue weighted by molar-refractivity contribution is 7.99. The molecule has 1 amide bonds. The van der Waals surface area contributed by atoms with Gasteiger partial charge in [0.25, 0.3) is 0 Å². The van der Waals surface area contributed by atoms with Gasteiger partial charge in [-0.1, -0.05) is 41.0 Å². The third kappa shape index (κ3) is 3.96.